The summed E-state index contributed by atoms with van der Waals surface area (Å²) in [5, 5.41) is 29.5. The Morgan fingerprint density at radius 2 is 1.17 bits per heavy atom. The molecule has 3 nitrogen and oxygen atoms in total. The minimum atomic E-state index is -0.0000276. The van der Waals surface area contributed by atoms with Crippen molar-refractivity contribution >= 4 is 5.57 Å². The van der Waals surface area contributed by atoms with Gasteiger partial charge in [0.2, 0.25) is 0 Å². The van der Waals surface area contributed by atoms with Gasteiger partial charge in [0.15, 0.2) is 0 Å². The maximum absolute atomic E-state index is 9.84. The van der Waals surface area contributed by atoms with Crippen molar-refractivity contribution in [3.63, 3.8) is 0 Å². The third kappa shape index (κ3) is 2.32. The van der Waals surface area contributed by atoms with Crippen molar-refractivity contribution in [2.45, 2.75) is 36.5 Å². The maximum atomic E-state index is 9.84. The molecule has 0 radical (unpaired) electrons. The lowest BCUT2D eigenvalue weighted by atomic mass is 9.36. The number of hydrogen-bond donors (Lipinski definition) is 3. The van der Waals surface area contributed by atoms with Crippen LogP contribution in [-0.4, -0.2) is 15.3 Å². The lowest BCUT2D eigenvalue weighted by Crippen LogP contribution is -2.60. The Morgan fingerprint density at radius 3 is 1.77 bits per heavy atom. The fourth-order valence-electron chi connectivity index (χ4n) is 6.67. The van der Waals surface area contributed by atoms with Crippen LogP contribution in [0.3, 0.4) is 0 Å². The van der Waals surface area contributed by atoms with Gasteiger partial charge in [-0.15, -0.1) is 0 Å². The number of rotatable bonds is 3. The number of aromatic hydroxyl groups is 3. The minimum absolute atomic E-state index is 0.0000276. The molecular weight excluding hydrogens is 372 g/mol. The first kappa shape index (κ1) is 17.6. The smallest absolute Gasteiger partial charge is 0.115 e. The molecule has 0 heterocycles. The van der Waals surface area contributed by atoms with Gasteiger partial charge in [0.05, 0.1) is 0 Å². The summed E-state index contributed by atoms with van der Waals surface area (Å²) in [5.41, 5.74) is 6.76. The third-order valence-electron chi connectivity index (χ3n) is 7.75. The molecule has 5 aliphatic carbocycles. The standard InChI is InChI=1S/C27H24O3/c28-21-7-1-17(2-8-21)24-15-26(19-3-9-22(29)10-4-19)13-18-14-27(16-26,25(18)24)20-5-11-23(30)12-6-20/h1-12,18,28-30H,13-16H2. The van der Waals surface area contributed by atoms with Gasteiger partial charge in [0.1, 0.15) is 17.2 Å². The highest BCUT2D eigenvalue weighted by molar-refractivity contribution is 5.79. The zero-order valence-electron chi connectivity index (χ0n) is 16.7. The Hall–Kier alpha value is -3.20. The molecule has 5 aliphatic rings. The number of phenolic OH excluding ortho intramolecular Hbond substituents is 3. The second-order valence-electron chi connectivity index (χ2n) is 9.35. The Labute approximate surface area is 176 Å². The highest BCUT2D eigenvalue weighted by atomic mass is 16.3. The lowest BCUT2D eigenvalue weighted by molar-refractivity contribution is 0.0703. The van der Waals surface area contributed by atoms with Crippen molar-refractivity contribution in [1.82, 2.24) is 0 Å². The first-order valence-electron chi connectivity index (χ1n) is 10.6. The molecule has 0 amide bonds. The number of phenols is 3. The van der Waals surface area contributed by atoms with E-state index in [9.17, 15) is 15.3 Å². The van der Waals surface area contributed by atoms with E-state index in [1.165, 1.54) is 22.3 Å². The van der Waals surface area contributed by atoms with E-state index >= 15 is 0 Å². The largest absolute Gasteiger partial charge is 0.508 e. The summed E-state index contributed by atoms with van der Waals surface area (Å²) < 4.78 is 0. The van der Waals surface area contributed by atoms with Crippen LogP contribution in [0.4, 0.5) is 0 Å². The Kier molecular flexibility index (Phi) is 3.48. The Bertz CT molecular complexity index is 1160. The Balaban J connectivity index is 1.56. The fraction of sp³-hybridized carbons (Fsp3) is 0.259. The molecule has 3 aromatic carbocycles. The number of fused-ring (bicyclic) bond motifs is 1. The summed E-state index contributed by atoms with van der Waals surface area (Å²) in [4.78, 5) is 0. The summed E-state index contributed by atoms with van der Waals surface area (Å²) in [7, 11) is 0. The van der Waals surface area contributed by atoms with Gasteiger partial charge in [0.25, 0.3) is 0 Å². The molecule has 3 aromatic rings. The van der Waals surface area contributed by atoms with Crippen molar-refractivity contribution in [3.8, 4) is 17.2 Å². The fourth-order valence-corrected chi connectivity index (χ4v) is 6.67. The van der Waals surface area contributed by atoms with E-state index in [0.717, 1.165) is 25.7 Å². The van der Waals surface area contributed by atoms with Gasteiger partial charge in [-0.3, -0.25) is 0 Å². The van der Waals surface area contributed by atoms with Crippen LogP contribution in [0.25, 0.3) is 5.57 Å². The molecular formula is C27H24O3. The van der Waals surface area contributed by atoms with Crippen LogP contribution in [0.2, 0.25) is 0 Å². The van der Waals surface area contributed by atoms with Crippen LogP contribution in [0.15, 0.2) is 78.4 Å². The average molecular weight is 396 g/mol. The summed E-state index contributed by atoms with van der Waals surface area (Å²) >= 11 is 0. The zero-order valence-corrected chi connectivity index (χ0v) is 16.7. The molecule has 3 unspecified atom stereocenters. The summed E-state index contributed by atoms with van der Waals surface area (Å²) in [6.45, 7) is 0. The van der Waals surface area contributed by atoms with Crippen molar-refractivity contribution in [3.05, 3.63) is 95.1 Å². The molecule has 0 saturated heterocycles. The first-order chi connectivity index (χ1) is 14.5. The van der Waals surface area contributed by atoms with E-state index in [0.29, 0.717) is 17.4 Å². The zero-order chi connectivity index (χ0) is 20.5. The topological polar surface area (TPSA) is 60.7 Å². The van der Waals surface area contributed by atoms with Gasteiger partial charge in [-0.2, -0.15) is 0 Å². The molecule has 3 fully saturated rings. The predicted molar refractivity (Wildman–Crippen MR) is 117 cm³/mol. The monoisotopic (exact) mass is 396 g/mol. The van der Waals surface area contributed by atoms with E-state index in [4.69, 9.17) is 0 Å². The molecule has 8 rings (SSSR count). The minimum Gasteiger partial charge on any atom is -0.508 e. The lowest BCUT2D eigenvalue weighted by Gasteiger charge is -2.67. The van der Waals surface area contributed by atoms with Crippen LogP contribution >= 0.6 is 0 Å². The van der Waals surface area contributed by atoms with E-state index in [1.807, 2.05) is 12.1 Å². The SMILES string of the molecule is Oc1ccc(C2=C3C4CC(c5ccc(O)cc5)(C2)CC3(c2ccc(O)cc2)C4)cc1. The van der Waals surface area contributed by atoms with Crippen LogP contribution in [0, 0.1) is 5.92 Å². The van der Waals surface area contributed by atoms with Crippen LogP contribution in [-0.2, 0) is 10.8 Å². The average Bonchev–Trinajstić information content (AvgIpc) is 2.74. The Morgan fingerprint density at radius 1 is 0.633 bits per heavy atom. The second kappa shape index (κ2) is 5.91. The van der Waals surface area contributed by atoms with Crippen LogP contribution < -0.4 is 0 Å². The molecule has 3 saturated carbocycles. The van der Waals surface area contributed by atoms with Crippen LogP contribution in [0.1, 0.15) is 42.4 Å². The molecule has 3 N–H and O–H groups in total. The molecule has 4 bridgehead atoms. The molecule has 0 spiro atoms. The second-order valence-corrected chi connectivity index (χ2v) is 9.35. The maximum Gasteiger partial charge on any atom is 0.115 e. The first-order valence-corrected chi connectivity index (χ1v) is 10.6. The van der Waals surface area contributed by atoms with Gasteiger partial charge in [-0.1, -0.05) is 42.0 Å². The highest BCUT2D eigenvalue weighted by Gasteiger charge is 2.64. The molecule has 0 aromatic heterocycles. The van der Waals surface area contributed by atoms with E-state index < -0.39 is 0 Å². The van der Waals surface area contributed by atoms with Gasteiger partial charge in [0, 0.05) is 10.8 Å². The molecule has 3 heteroatoms. The van der Waals surface area contributed by atoms with Gasteiger partial charge < -0.3 is 15.3 Å². The normalized spacial score (nSPS) is 29.0. The molecule has 150 valence electrons. The summed E-state index contributed by atoms with van der Waals surface area (Å²) in [6, 6.07) is 23.2. The van der Waals surface area contributed by atoms with Gasteiger partial charge in [-0.25, -0.2) is 0 Å². The quantitative estimate of drug-likeness (QED) is 0.536. The van der Waals surface area contributed by atoms with Gasteiger partial charge in [-0.05, 0) is 90.3 Å². The van der Waals surface area contributed by atoms with Crippen molar-refractivity contribution < 1.29 is 15.3 Å². The van der Waals surface area contributed by atoms with Crippen molar-refractivity contribution in [2.75, 3.05) is 0 Å². The van der Waals surface area contributed by atoms with E-state index in [-0.39, 0.29) is 16.6 Å². The van der Waals surface area contributed by atoms with E-state index in [1.54, 1.807) is 42.0 Å². The molecule has 0 aliphatic heterocycles. The third-order valence-corrected chi connectivity index (χ3v) is 7.75. The van der Waals surface area contributed by atoms with Crippen LogP contribution in [0.5, 0.6) is 17.2 Å². The van der Waals surface area contributed by atoms with Gasteiger partial charge >= 0.3 is 0 Å². The molecule has 3 atom stereocenters. The number of benzene rings is 3. The number of hydrogen-bond acceptors (Lipinski definition) is 3. The predicted octanol–water partition coefficient (Wildman–Crippen LogP) is 5.65. The highest BCUT2D eigenvalue weighted by Crippen LogP contribution is 2.73. The number of allylic oxidation sites excluding steroid dienone is 2. The van der Waals surface area contributed by atoms with E-state index in [2.05, 4.69) is 24.3 Å². The van der Waals surface area contributed by atoms with Crippen molar-refractivity contribution in [2.24, 2.45) is 5.92 Å². The molecule has 30 heavy (non-hydrogen) atoms. The summed E-state index contributed by atoms with van der Waals surface area (Å²) in [6.07, 6.45) is 4.33. The summed E-state index contributed by atoms with van der Waals surface area (Å²) in [5.74, 6) is 1.44. The van der Waals surface area contributed by atoms with Crippen molar-refractivity contribution in [1.29, 1.82) is 0 Å².